The van der Waals surface area contributed by atoms with Crippen molar-refractivity contribution in [1.82, 2.24) is 4.98 Å². The van der Waals surface area contributed by atoms with E-state index in [1.807, 2.05) is 6.92 Å². The molecule has 0 amide bonds. The number of rotatable bonds is 1. The Labute approximate surface area is 94.4 Å². The van der Waals surface area contributed by atoms with E-state index in [1.165, 1.54) is 0 Å². The molecule has 5 heteroatoms. The molecule has 84 valence electrons. The highest BCUT2D eigenvalue weighted by atomic mass is 16.5. The summed E-state index contributed by atoms with van der Waals surface area (Å²) in [4.78, 5) is 6.30. The molecule has 2 N–H and O–H groups in total. The Hall–Kier alpha value is -1.80. The largest absolute Gasteiger partial charge is 0.395 e. The van der Waals surface area contributed by atoms with Gasteiger partial charge in [0.2, 0.25) is 0 Å². The van der Waals surface area contributed by atoms with Crippen molar-refractivity contribution in [2.45, 2.75) is 13.0 Å². The maximum atomic E-state index is 8.89. The third-order valence-electron chi connectivity index (χ3n) is 2.63. The van der Waals surface area contributed by atoms with Gasteiger partial charge in [0.25, 0.3) is 0 Å². The van der Waals surface area contributed by atoms with Crippen LogP contribution in [-0.2, 0) is 4.74 Å². The highest BCUT2D eigenvalue weighted by molar-refractivity contribution is 5.70. The van der Waals surface area contributed by atoms with Gasteiger partial charge in [-0.15, -0.1) is 0 Å². The number of morpholine rings is 1. The summed E-state index contributed by atoms with van der Waals surface area (Å²) in [5, 5.41) is 8.89. The molecular formula is C11H14N4O. The van der Waals surface area contributed by atoms with Crippen molar-refractivity contribution in [2.24, 2.45) is 0 Å². The molecule has 1 aromatic rings. The van der Waals surface area contributed by atoms with Crippen LogP contribution in [0.25, 0.3) is 0 Å². The molecule has 1 atom stereocenters. The topological polar surface area (TPSA) is 75.2 Å². The Morgan fingerprint density at radius 2 is 2.50 bits per heavy atom. The van der Waals surface area contributed by atoms with Crippen molar-refractivity contribution in [3.05, 3.63) is 17.8 Å². The van der Waals surface area contributed by atoms with Crippen molar-refractivity contribution < 1.29 is 4.74 Å². The van der Waals surface area contributed by atoms with Crippen LogP contribution in [0.1, 0.15) is 12.5 Å². The summed E-state index contributed by atoms with van der Waals surface area (Å²) in [5.74, 6) is 0.689. The summed E-state index contributed by atoms with van der Waals surface area (Å²) in [6.07, 6.45) is 1.78. The first-order valence-electron chi connectivity index (χ1n) is 5.23. The first kappa shape index (κ1) is 10.7. The lowest BCUT2D eigenvalue weighted by Crippen LogP contribution is -2.41. The summed E-state index contributed by atoms with van der Waals surface area (Å²) in [5.41, 5.74) is 6.84. The minimum absolute atomic E-state index is 0.167. The molecule has 16 heavy (non-hydrogen) atoms. The second-order valence-electron chi connectivity index (χ2n) is 3.84. The number of aromatic nitrogens is 1. The smallest absolute Gasteiger partial charge is 0.153 e. The minimum Gasteiger partial charge on any atom is -0.395 e. The van der Waals surface area contributed by atoms with Crippen LogP contribution in [0.4, 0.5) is 11.5 Å². The van der Waals surface area contributed by atoms with Crippen molar-refractivity contribution in [1.29, 1.82) is 5.26 Å². The highest BCUT2D eigenvalue weighted by Crippen LogP contribution is 2.24. The highest BCUT2D eigenvalue weighted by Gasteiger charge is 2.20. The Morgan fingerprint density at radius 1 is 1.69 bits per heavy atom. The zero-order chi connectivity index (χ0) is 11.5. The van der Waals surface area contributed by atoms with Crippen LogP contribution in [0.3, 0.4) is 0 Å². The van der Waals surface area contributed by atoms with Gasteiger partial charge in [-0.2, -0.15) is 5.26 Å². The molecule has 0 spiro atoms. The zero-order valence-corrected chi connectivity index (χ0v) is 9.18. The molecule has 1 aromatic heterocycles. The van der Waals surface area contributed by atoms with Crippen LogP contribution in [0.5, 0.6) is 0 Å². The second kappa shape index (κ2) is 4.37. The number of hydrogen-bond donors (Lipinski definition) is 1. The fourth-order valence-corrected chi connectivity index (χ4v) is 1.82. The number of anilines is 2. The van der Waals surface area contributed by atoms with E-state index in [0.29, 0.717) is 23.7 Å². The van der Waals surface area contributed by atoms with E-state index >= 15 is 0 Å². The molecule has 1 aliphatic rings. The Bertz CT molecular complexity index is 426. The van der Waals surface area contributed by atoms with Crippen LogP contribution in [0, 0.1) is 11.3 Å². The second-order valence-corrected chi connectivity index (χ2v) is 3.84. The summed E-state index contributed by atoms with van der Waals surface area (Å²) in [6, 6.07) is 3.69. The average molecular weight is 218 g/mol. The van der Waals surface area contributed by atoms with Crippen molar-refractivity contribution in [3.63, 3.8) is 0 Å². The molecule has 1 saturated heterocycles. The van der Waals surface area contributed by atoms with Gasteiger partial charge in [-0.3, -0.25) is 0 Å². The summed E-state index contributed by atoms with van der Waals surface area (Å²) >= 11 is 0. The molecule has 5 nitrogen and oxygen atoms in total. The maximum Gasteiger partial charge on any atom is 0.153 e. The number of nitrogens with two attached hydrogens (primary N) is 1. The Kier molecular flexibility index (Phi) is 2.93. The van der Waals surface area contributed by atoms with Gasteiger partial charge in [-0.25, -0.2) is 4.98 Å². The van der Waals surface area contributed by atoms with E-state index in [1.54, 1.807) is 12.3 Å². The standard InChI is InChI=1S/C11H14N4O/c1-8-7-15(4-5-16-8)11-10(13)9(6-12)2-3-14-11/h2-3,8H,4-5,7,13H2,1H3. The summed E-state index contributed by atoms with van der Waals surface area (Å²) in [6.45, 7) is 4.19. The van der Waals surface area contributed by atoms with E-state index in [2.05, 4.69) is 16.0 Å². The monoisotopic (exact) mass is 218 g/mol. The third kappa shape index (κ3) is 1.92. The van der Waals surface area contributed by atoms with Crippen LogP contribution >= 0.6 is 0 Å². The zero-order valence-electron chi connectivity index (χ0n) is 9.18. The Balaban J connectivity index is 2.30. The first-order valence-corrected chi connectivity index (χ1v) is 5.23. The lowest BCUT2D eigenvalue weighted by Gasteiger charge is -2.32. The van der Waals surface area contributed by atoms with E-state index in [4.69, 9.17) is 15.7 Å². The van der Waals surface area contributed by atoms with E-state index < -0.39 is 0 Å². The fourth-order valence-electron chi connectivity index (χ4n) is 1.82. The van der Waals surface area contributed by atoms with Crippen LogP contribution in [0.15, 0.2) is 12.3 Å². The molecule has 0 radical (unpaired) electrons. The molecule has 0 aliphatic carbocycles. The average Bonchev–Trinajstić information content (AvgIpc) is 2.29. The van der Waals surface area contributed by atoms with Crippen LogP contribution < -0.4 is 10.6 Å². The number of hydrogen-bond acceptors (Lipinski definition) is 5. The molecule has 2 rings (SSSR count). The molecule has 2 heterocycles. The van der Waals surface area contributed by atoms with Crippen LogP contribution in [-0.4, -0.2) is 30.8 Å². The third-order valence-corrected chi connectivity index (χ3v) is 2.63. The minimum atomic E-state index is 0.167. The van der Waals surface area contributed by atoms with Gasteiger partial charge in [0.05, 0.1) is 24.0 Å². The van der Waals surface area contributed by atoms with Crippen molar-refractivity contribution in [2.75, 3.05) is 30.3 Å². The molecule has 1 fully saturated rings. The quantitative estimate of drug-likeness (QED) is 0.753. The summed E-state index contributed by atoms with van der Waals surface area (Å²) < 4.78 is 5.45. The lowest BCUT2D eigenvalue weighted by molar-refractivity contribution is 0.0530. The van der Waals surface area contributed by atoms with E-state index in [-0.39, 0.29) is 6.10 Å². The van der Waals surface area contributed by atoms with E-state index in [9.17, 15) is 0 Å². The number of nitrogens with zero attached hydrogens (tertiary/aromatic N) is 3. The number of pyridine rings is 1. The summed E-state index contributed by atoms with van der Waals surface area (Å²) in [7, 11) is 0. The van der Waals surface area contributed by atoms with Gasteiger partial charge < -0.3 is 15.4 Å². The van der Waals surface area contributed by atoms with Gasteiger partial charge in [-0.05, 0) is 13.0 Å². The molecule has 1 aliphatic heterocycles. The van der Waals surface area contributed by atoms with Gasteiger partial charge in [0.15, 0.2) is 5.82 Å². The predicted molar refractivity (Wildman–Crippen MR) is 61.0 cm³/mol. The van der Waals surface area contributed by atoms with E-state index in [0.717, 1.165) is 13.1 Å². The number of nitriles is 1. The lowest BCUT2D eigenvalue weighted by atomic mass is 10.2. The number of ether oxygens (including phenoxy) is 1. The SMILES string of the molecule is CC1CN(c2nccc(C#N)c2N)CCO1. The molecule has 1 unspecified atom stereocenters. The van der Waals surface area contributed by atoms with Gasteiger partial charge in [0, 0.05) is 19.3 Å². The van der Waals surface area contributed by atoms with Crippen molar-refractivity contribution >= 4 is 11.5 Å². The molecular weight excluding hydrogens is 204 g/mol. The predicted octanol–water partition coefficient (Wildman–Crippen LogP) is 0.761. The van der Waals surface area contributed by atoms with Crippen LogP contribution in [0.2, 0.25) is 0 Å². The Morgan fingerprint density at radius 3 is 3.19 bits per heavy atom. The first-order chi connectivity index (χ1) is 7.72. The van der Waals surface area contributed by atoms with Gasteiger partial charge >= 0.3 is 0 Å². The fraction of sp³-hybridized carbons (Fsp3) is 0.455. The van der Waals surface area contributed by atoms with Gasteiger partial charge in [-0.1, -0.05) is 0 Å². The van der Waals surface area contributed by atoms with Crippen molar-refractivity contribution in [3.8, 4) is 6.07 Å². The molecule has 0 bridgehead atoms. The normalized spacial score (nSPS) is 20.5. The molecule has 0 saturated carbocycles. The van der Waals surface area contributed by atoms with Gasteiger partial charge in [0.1, 0.15) is 6.07 Å². The molecule has 0 aromatic carbocycles. The number of nitrogen functional groups attached to an aromatic ring is 1. The maximum absolute atomic E-state index is 8.89.